The monoisotopic (exact) mass is 293 g/mol. The lowest BCUT2D eigenvalue weighted by molar-refractivity contribution is 0.584. The summed E-state index contributed by atoms with van der Waals surface area (Å²) < 4.78 is 27.6. The highest BCUT2D eigenvalue weighted by Gasteiger charge is 2.17. The molecule has 1 aromatic heterocycles. The van der Waals surface area contributed by atoms with E-state index in [1.807, 2.05) is 20.8 Å². The molecule has 1 N–H and O–H groups in total. The third-order valence-corrected chi connectivity index (χ3v) is 4.12. The Hall–Kier alpha value is -2.00. The van der Waals surface area contributed by atoms with E-state index < -0.39 is 11.6 Å². The van der Waals surface area contributed by atoms with Crippen LogP contribution in [0.5, 0.6) is 0 Å². The first-order chi connectivity index (χ1) is 9.42. The van der Waals surface area contributed by atoms with Crippen molar-refractivity contribution in [2.45, 2.75) is 26.8 Å². The molecule has 1 heterocycles. The Balaban J connectivity index is 2.31. The van der Waals surface area contributed by atoms with Gasteiger partial charge < -0.3 is 5.32 Å². The Morgan fingerprint density at radius 1 is 1.30 bits per heavy atom. The number of hydrogen-bond donors (Lipinski definition) is 1. The van der Waals surface area contributed by atoms with E-state index in [9.17, 15) is 8.78 Å². The maximum absolute atomic E-state index is 13.8. The molecule has 1 aromatic carbocycles. The zero-order chi connectivity index (χ0) is 14.9. The molecular weight excluding hydrogens is 280 g/mol. The molecule has 0 aliphatic rings. The summed E-state index contributed by atoms with van der Waals surface area (Å²) in [5.41, 5.74) is 0.590. The normalized spacial score (nSPS) is 12.0. The van der Waals surface area contributed by atoms with Crippen LogP contribution in [0.1, 0.15) is 34.1 Å². The fourth-order valence-electron chi connectivity index (χ4n) is 2.01. The molecule has 2 aromatic rings. The predicted octanol–water partition coefficient (Wildman–Crippen LogP) is 4.08. The molecule has 0 bridgehead atoms. The summed E-state index contributed by atoms with van der Waals surface area (Å²) >= 11 is 1.49. The van der Waals surface area contributed by atoms with Crippen molar-refractivity contribution < 1.29 is 8.78 Å². The van der Waals surface area contributed by atoms with Crippen LogP contribution in [0.25, 0.3) is 0 Å². The summed E-state index contributed by atoms with van der Waals surface area (Å²) in [6.45, 7) is 5.57. The van der Waals surface area contributed by atoms with Crippen LogP contribution in [-0.2, 0) is 0 Å². The van der Waals surface area contributed by atoms with Crippen LogP contribution in [0.2, 0.25) is 0 Å². The van der Waals surface area contributed by atoms with Crippen molar-refractivity contribution in [2.75, 3.05) is 5.32 Å². The molecule has 0 radical (unpaired) electrons. The number of benzene rings is 1. The van der Waals surface area contributed by atoms with Gasteiger partial charge in [-0.15, -0.1) is 11.3 Å². The number of anilines is 1. The molecule has 20 heavy (non-hydrogen) atoms. The number of nitrogens with zero attached hydrogens (tertiary/aromatic N) is 2. The molecule has 1 unspecified atom stereocenters. The van der Waals surface area contributed by atoms with E-state index in [2.05, 4.69) is 10.3 Å². The van der Waals surface area contributed by atoms with E-state index >= 15 is 0 Å². The van der Waals surface area contributed by atoms with E-state index in [0.29, 0.717) is 0 Å². The maximum Gasteiger partial charge on any atom is 0.150 e. The van der Waals surface area contributed by atoms with Crippen molar-refractivity contribution >= 4 is 17.0 Å². The Kier molecular flexibility index (Phi) is 4.00. The van der Waals surface area contributed by atoms with Gasteiger partial charge in [-0.05, 0) is 32.9 Å². The first-order valence-electron chi connectivity index (χ1n) is 6.02. The third kappa shape index (κ3) is 2.78. The van der Waals surface area contributed by atoms with Gasteiger partial charge in [-0.3, -0.25) is 0 Å². The second-order valence-corrected chi connectivity index (χ2v) is 5.71. The van der Waals surface area contributed by atoms with Crippen LogP contribution < -0.4 is 5.32 Å². The summed E-state index contributed by atoms with van der Waals surface area (Å²) in [5.74, 6) is -1.54. The Morgan fingerprint density at radius 2 is 1.90 bits per heavy atom. The summed E-state index contributed by atoms with van der Waals surface area (Å²) in [7, 11) is 0. The van der Waals surface area contributed by atoms with Gasteiger partial charge in [0.1, 0.15) is 5.69 Å². The van der Waals surface area contributed by atoms with Crippen molar-refractivity contribution in [1.29, 1.82) is 5.26 Å². The summed E-state index contributed by atoms with van der Waals surface area (Å²) in [4.78, 5) is 5.23. The van der Waals surface area contributed by atoms with Gasteiger partial charge in [-0.1, -0.05) is 0 Å². The number of hydrogen-bond acceptors (Lipinski definition) is 4. The number of nitriles is 1. The number of rotatable bonds is 3. The number of aryl methyl sites for hydroxylation is 2. The zero-order valence-corrected chi connectivity index (χ0v) is 12.1. The molecule has 0 saturated carbocycles. The molecule has 1 atom stereocenters. The molecule has 0 saturated heterocycles. The van der Waals surface area contributed by atoms with Crippen LogP contribution in [0.4, 0.5) is 14.5 Å². The number of nitrogens with one attached hydrogen (secondary N) is 1. The lowest BCUT2D eigenvalue weighted by Gasteiger charge is -2.15. The Morgan fingerprint density at radius 3 is 2.35 bits per heavy atom. The molecule has 0 aliphatic heterocycles. The van der Waals surface area contributed by atoms with Crippen LogP contribution in [-0.4, -0.2) is 4.98 Å². The lowest BCUT2D eigenvalue weighted by Crippen LogP contribution is -2.09. The molecule has 0 amide bonds. The fourth-order valence-corrected chi connectivity index (χ4v) is 2.94. The highest BCUT2D eigenvalue weighted by atomic mass is 32.1. The van der Waals surface area contributed by atoms with E-state index in [4.69, 9.17) is 5.26 Å². The first kappa shape index (κ1) is 14.4. The standard InChI is InChI=1S/C14H13F2N3S/c1-7-14(20-9(3)18-7)8(2)19-13-11(15)4-10(6-17)5-12(13)16/h4-5,8,19H,1-3H3. The summed E-state index contributed by atoms with van der Waals surface area (Å²) in [6, 6.07) is 3.49. The van der Waals surface area contributed by atoms with E-state index in [-0.39, 0.29) is 17.3 Å². The van der Waals surface area contributed by atoms with Gasteiger partial charge in [0.05, 0.1) is 28.4 Å². The molecule has 6 heteroatoms. The number of thiazole rings is 1. The molecule has 104 valence electrons. The van der Waals surface area contributed by atoms with Gasteiger partial charge in [0.2, 0.25) is 0 Å². The molecular formula is C14H13F2N3S. The molecule has 3 nitrogen and oxygen atoms in total. The van der Waals surface area contributed by atoms with Crippen LogP contribution in [0, 0.1) is 36.8 Å². The number of halogens is 2. The quantitative estimate of drug-likeness (QED) is 0.927. The second-order valence-electron chi connectivity index (χ2n) is 4.48. The zero-order valence-electron chi connectivity index (χ0n) is 11.3. The highest BCUT2D eigenvalue weighted by molar-refractivity contribution is 7.11. The molecule has 2 rings (SSSR count). The van der Waals surface area contributed by atoms with Crippen molar-refractivity contribution in [2.24, 2.45) is 0 Å². The van der Waals surface area contributed by atoms with Gasteiger partial charge in [-0.25, -0.2) is 13.8 Å². The summed E-state index contributed by atoms with van der Waals surface area (Å²) in [5, 5.41) is 12.4. The maximum atomic E-state index is 13.8. The van der Waals surface area contributed by atoms with E-state index in [1.165, 1.54) is 11.3 Å². The third-order valence-electron chi connectivity index (χ3n) is 2.86. The van der Waals surface area contributed by atoms with Crippen LogP contribution in [0.3, 0.4) is 0 Å². The molecule has 0 aliphatic carbocycles. The van der Waals surface area contributed by atoms with E-state index in [0.717, 1.165) is 27.7 Å². The molecule has 0 spiro atoms. The van der Waals surface area contributed by atoms with E-state index in [1.54, 1.807) is 6.07 Å². The second kappa shape index (κ2) is 5.55. The van der Waals surface area contributed by atoms with Gasteiger partial charge in [0, 0.05) is 4.88 Å². The average Bonchev–Trinajstić information content (AvgIpc) is 2.72. The number of aromatic nitrogens is 1. The smallest absolute Gasteiger partial charge is 0.150 e. The van der Waals surface area contributed by atoms with Gasteiger partial charge in [-0.2, -0.15) is 5.26 Å². The minimum absolute atomic E-state index is 0.0389. The predicted molar refractivity (Wildman–Crippen MR) is 74.7 cm³/mol. The Labute approximate surface area is 119 Å². The van der Waals surface area contributed by atoms with Crippen LogP contribution >= 0.6 is 11.3 Å². The topological polar surface area (TPSA) is 48.7 Å². The Bertz CT molecular complexity index is 665. The van der Waals surface area contributed by atoms with Crippen molar-refractivity contribution in [3.63, 3.8) is 0 Å². The minimum atomic E-state index is -0.771. The fraction of sp³-hybridized carbons (Fsp3) is 0.286. The summed E-state index contributed by atoms with van der Waals surface area (Å²) in [6.07, 6.45) is 0. The van der Waals surface area contributed by atoms with Crippen LogP contribution in [0.15, 0.2) is 12.1 Å². The van der Waals surface area contributed by atoms with Gasteiger partial charge in [0.15, 0.2) is 11.6 Å². The van der Waals surface area contributed by atoms with Crippen molar-refractivity contribution in [3.05, 3.63) is 44.9 Å². The van der Waals surface area contributed by atoms with Crippen molar-refractivity contribution in [1.82, 2.24) is 4.98 Å². The van der Waals surface area contributed by atoms with Gasteiger partial charge in [0.25, 0.3) is 0 Å². The van der Waals surface area contributed by atoms with Gasteiger partial charge >= 0.3 is 0 Å². The highest BCUT2D eigenvalue weighted by Crippen LogP contribution is 2.30. The average molecular weight is 293 g/mol. The largest absolute Gasteiger partial charge is 0.373 e. The SMILES string of the molecule is Cc1nc(C)c(C(C)Nc2c(F)cc(C#N)cc2F)s1. The lowest BCUT2D eigenvalue weighted by atomic mass is 10.1. The first-order valence-corrected chi connectivity index (χ1v) is 6.83. The minimum Gasteiger partial charge on any atom is -0.373 e. The molecule has 0 fully saturated rings. The van der Waals surface area contributed by atoms with Crippen molar-refractivity contribution in [3.8, 4) is 6.07 Å².